The zero-order valence-corrected chi connectivity index (χ0v) is 15.1. The first kappa shape index (κ1) is 19.0. The van der Waals surface area contributed by atoms with Gasteiger partial charge in [0, 0.05) is 25.8 Å². The Kier molecular flexibility index (Phi) is 5.89. The zero-order valence-electron chi connectivity index (χ0n) is 14.3. The lowest BCUT2D eigenvalue weighted by Gasteiger charge is -2.12. The predicted octanol–water partition coefficient (Wildman–Crippen LogP) is 2.84. The van der Waals surface area contributed by atoms with E-state index >= 15 is 0 Å². The molecule has 0 saturated carbocycles. The lowest BCUT2D eigenvalue weighted by atomic mass is 10.1. The van der Waals surface area contributed by atoms with Crippen LogP contribution in [0.15, 0.2) is 41.3 Å². The third kappa shape index (κ3) is 4.62. The van der Waals surface area contributed by atoms with Crippen LogP contribution in [0, 0.1) is 24.0 Å². The molecule has 8 heteroatoms. The summed E-state index contributed by atoms with van der Waals surface area (Å²) in [6.45, 7) is 3.80. The fourth-order valence-electron chi connectivity index (χ4n) is 2.45. The second-order valence-electron chi connectivity index (χ2n) is 5.72. The van der Waals surface area contributed by atoms with E-state index in [-0.39, 0.29) is 17.1 Å². The van der Waals surface area contributed by atoms with Gasteiger partial charge in [-0.3, -0.25) is 10.1 Å². The van der Waals surface area contributed by atoms with Crippen LogP contribution in [0.2, 0.25) is 0 Å². The van der Waals surface area contributed by atoms with Crippen LogP contribution in [-0.2, 0) is 27.9 Å². The molecular weight excluding hydrogens is 344 g/mol. The van der Waals surface area contributed by atoms with Crippen LogP contribution in [0.1, 0.15) is 22.3 Å². The van der Waals surface area contributed by atoms with E-state index in [1.165, 1.54) is 6.07 Å². The Morgan fingerprint density at radius 2 is 1.84 bits per heavy atom. The topological polar surface area (TPSA) is 98.5 Å². The number of rotatable bonds is 7. The van der Waals surface area contributed by atoms with Gasteiger partial charge in [0.2, 0.25) is 10.0 Å². The van der Waals surface area contributed by atoms with Gasteiger partial charge in [-0.25, -0.2) is 13.1 Å². The van der Waals surface area contributed by atoms with E-state index in [2.05, 4.69) is 4.72 Å². The zero-order chi connectivity index (χ0) is 18.6. The Morgan fingerprint density at radius 3 is 2.48 bits per heavy atom. The first-order valence-electron chi connectivity index (χ1n) is 7.56. The van der Waals surface area contributed by atoms with E-state index in [1.54, 1.807) is 27.0 Å². The lowest BCUT2D eigenvalue weighted by molar-refractivity contribution is -0.385. The minimum Gasteiger partial charge on any atom is -0.380 e. The summed E-state index contributed by atoms with van der Waals surface area (Å²) in [5, 5.41) is 11.0. The van der Waals surface area contributed by atoms with Gasteiger partial charge < -0.3 is 4.74 Å². The summed E-state index contributed by atoms with van der Waals surface area (Å²) in [6.07, 6.45) is 0. The third-order valence-electron chi connectivity index (χ3n) is 3.87. The number of hydrogen-bond donors (Lipinski definition) is 1. The Bertz CT molecular complexity index is 894. The molecule has 1 N–H and O–H groups in total. The van der Waals surface area contributed by atoms with Gasteiger partial charge in [-0.2, -0.15) is 0 Å². The van der Waals surface area contributed by atoms with Crippen molar-refractivity contribution in [3.05, 3.63) is 68.8 Å². The van der Waals surface area contributed by atoms with Crippen LogP contribution in [0.5, 0.6) is 0 Å². The highest BCUT2D eigenvalue weighted by Gasteiger charge is 2.22. The van der Waals surface area contributed by atoms with Crippen molar-refractivity contribution in [3.8, 4) is 0 Å². The first-order valence-corrected chi connectivity index (χ1v) is 9.05. The Balaban J connectivity index is 2.28. The maximum Gasteiger partial charge on any atom is 0.271 e. The standard InChI is InChI=1S/C17H20N2O5S/c1-12-7-16(19(20)21)9-17(13(12)2)25(22,23)18-10-14-5-4-6-15(8-14)11-24-3/h4-9,18H,10-11H2,1-3H3. The molecule has 0 atom stereocenters. The van der Waals surface area contributed by atoms with Crippen LogP contribution in [0.25, 0.3) is 0 Å². The van der Waals surface area contributed by atoms with Gasteiger partial charge in [-0.05, 0) is 36.1 Å². The Morgan fingerprint density at radius 1 is 1.16 bits per heavy atom. The highest BCUT2D eigenvalue weighted by atomic mass is 32.2. The maximum atomic E-state index is 12.6. The van der Waals surface area contributed by atoms with Crippen molar-refractivity contribution in [2.24, 2.45) is 0 Å². The van der Waals surface area contributed by atoms with Crippen molar-refractivity contribution >= 4 is 15.7 Å². The average molecular weight is 364 g/mol. The van der Waals surface area contributed by atoms with Crippen LogP contribution in [0.4, 0.5) is 5.69 Å². The molecule has 0 aliphatic heterocycles. The fourth-order valence-corrected chi connectivity index (χ4v) is 3.80. The van der Waals surface area contributed by atoms with Crippen LogP contribution in [-0.4, -0.2) is 20.5 Å². The highest BCUT2D eigenvalue weighted by molar-refractivity contribution is 7.89. The Labute approximate surface area is 146 Å². The summed E-state index contributed by atoms with van der Waals surface area (Å²) in [6, 6.07) is 9.80. The molecule has 0 bridgehead atoms. The number of benzene rings is 2. The number of aryl methyl sites for hydroxylation is 1. The molecule has 2 aromatic rings. The van der Waals surface area contributed by atoms with E-state index in [4.69, 9.17) is 4.74 Å². The van der Waals surface area contributed by atoms with Gasteiger partial charge in [0.05, 0.1) is 16.4 Å². The summed E-state index contributed by atoms with van der Waals surface area (Å²) in [4.78, 5) is 10.3. The predicted molar refractivity (Wildman–Crippen MR) is 93.8 cm³/mol. The molecule has 0 aliphatic rings. The van der Waals surface area contributed by atoms with E-state index < -0.39 is 14.9 Å². The summed E-state index contributed by atoms with van der Waals surface area (Å²) in [5.74, 6) is 0. The molecule has 0 amide bonds. The van der Waals surface area contributed by atoms with Crippen molar-refractivity contribution in [1.29, 1.82) is 0 Å². The maximum absolute atomic E-state index is 12.6. The van der Waals surface area contributed by atoms with Gasteiger partial charge in [-0.15, -0.1) is 0 Å². The molecule has 2 rings (SSSR count). The van der Waals surface area contributed by atoms with E-state index in [9.17, 15) is 18.5 Å². The van der Waals surface area contributed by atoms with Gasteiger partial charge in [0.1, 0.15) is 0 Å². The molecule has 0 radical (unpaired) electrons. The normalized spacial score (nSPS) is 11.5. The molecule has 2 aromatic carbocycles. The number of nitro groups is 1. The second kappa shape index (κ2) is 7.73. The number of sulfonamides is 1. The average Bonchev–Trinajstić information content (AvgIpc) is 2.56. The number of hydrogen-bond acceptors (Lipinski definition) is 5. The summed E-state index contributed by atoms with van der Waals surface area (Å²) >= 11 is 0. The molecule has 0 aromatic heterocycles. The van der Waals surface area contributed by atoms with Crippen molar-refractivity contribution in [3.63, 3.8) is 0 Å². The van der Waals surface area contributed by atoms with Crippen molar-refractivity contribution in [2.45, 2.75) is 31.9 Å². The number of ether oxygens (including phenoxy) is 1. The van der Waals surface area contributed by atoms with Crippen LogP contribution < -0.4 is 4.72 Å². The molecule has 134 valence electrons. The first-order chi connectivity index (χ1) is 11.7. The molecule has 0 heterocycles. The van der Waals surface area contributed by atoms with Crippen LogP contribution >= 0.6 is 0 Å². The van der Waals surface area contributed by atoms with Gasteiger partial charge in [-0.1, -0.05) is 24.3 Å². The number of nitrogens with zero attached hydrogens (tertiary/aromatic N) is 1. The fraction of sp³-hybridized carbons (Fsp3) is 0.294. The molecule has 0 fully saturated rings. The third-order valence-corrected chi connectivity index (χ3v) is 5.40. The smallest absolute Gasteiger partial charge is 0.271 e. The summed E-state index contributed by atoms with van der Waals surface area (Å²) in [7, 11) is -2.29. The van der Waals surface area contributed by atoms with Crippen molar-refractivity contribution < 1.29 is 18.1 Å². The molecule has 0 saturated heterocycles. The SMILES string of the molecule is COCc1cccc(CNS(=O)(=O)c2cc([N+](=O)[O-])cc(C)c2C)c1. The number of nitro benzene ring substituents is 1. The molecule has 7 nitrogen and oxygen atoms in total. The van der Waals surface area contributed by atoms with Gasteiger partial charge in [0.15, 0.2) is 0 Å². The van der Waals surface area contributed by atoms with Crippen molar-refractivity contribution in [2.75, 3.05) is 7.11 Å². The largest absolute Gasteiger partial charge is 0.380 e. The number of methoxy groups -OCH3 is 1. The minimum absolute atomic E-state index is 0.0766. The van der Waals surface area contributed by atoms with E-state index in [1.807, 2.05) is 18.2 Å². The van der Waals surface area contributed by atoms with E-state index in [0.717, 1.165) is 17.2 Å². The number of nitrogens with one attached hydrogen (secondary N) is 1. The monoisotopic (exact) mass is 364 g/mol. The van der Waals surface area contributed by atoms with Gasteiger partial charge in [0.25, 0.3) is 5.69 Å². The molecule has 0 spiro atoms. The minimum atomic E-state index is -3.88. The lowest BCUT2D eigenvalue weighted by Crippen LogP contribution is -2.24. The molecular formula is C17H20N2O5S. The van der Waals surface area contributed by atoms with Crippen molar-refractivity contribution in [1.82, 2.24) is 4.72 Å². The molecule has 0 aliphatic carbocycles. The quantitative estimate of drug-likeness (QED) is 0.602. The molecule has 25 heavy (non-hydrogen) atoms. The molecule has 0 unspecified atom stereocenters. The van der Waals surface area contributed by atoms with Crippen LogP contribution in [0.3, 0.4) is 0 Å². The van der Waals surface area contributed by atoms with Gasteiger partial charge >= 0.3 is 0 Å². The second-order valence-corrected chi connectivity index (χ2v) is 7.46. The highest BCUT2D eigenvalue weighted by Crippen LogP contribution is 2.25. The Hall–Kier alpha value is -2.29. The summed E-state index contributed by atoms with van der Waals surface area (Å²) < 4.78 is 32.8. The van der Waals surface area contributed by atoms with E-state index in [0.29, 0.717) is 17.7 Å². The summed E-state index contributed by atoms with van der Waals surface area (Å²) in [5.41, 5.74) is 2.51. The number of non-ortho nitro benzene ring substituents is 1.